The molecule has 0 aromatic heterocycles. The van der Waals surface area contributed by atoms with E-state index in [0.717, 1.165) is 37.1 Å². The van der Waals surface area contributed by atoms with Gasteiger partial charge < -0.3 is 14.8 Å². The molecular formula is C17H25NO2. The second-order valence-corrected chi connectivity index (χ2v) is 5.97. The average molecular weight is 275 g/mol. The van der Waals surface area contributed by atoms with E-state index < -0.39 is 0 Å². The smallest absolute Gasteiger partial charge is 0.142 e. The predicted octanol–water partition coefficient (Wildman–Crippen LogP) is 3.85. The molecular weight excluding hydrogens is 250 g/mol. The van der Waals surface area contributed by atoms with Gasteiger partial charge in [0.1, 0.15) is 5.75 Å². The van der Waals surface area contributed by atoms with Crippen LogP contribution in [0.1, 0.15) is 38.5 Å². The SMILES string of the molecule is c1ccc(OC2CCC2)c(NCCC2CCCOC2)c1. The molecule has 110 valence electrons. The van der Waals surface area contributed by atoms with Crippen LogP contribution in [-0.2, 0) is 4.74 Å². The summed E-state index contributed by atoms with van der Waals surface area (Å²) in [5, 5.41) is 3.53. The van der Waals surface area contributed by atoms with E-state index in [-0.39, 0.29) is 0 Å². The van der Waals surface area contributed by atoms with Crippen LogP contribution < -0.4 is 10.1 Å². The van der Waals surface area contributed by atoms with Crippen molar-refractivity contribution in [3.8, 4) is 5.75 Å². The Bertz CT molecular complexity index is 411. The van der Waals surface area contributed by atoms with Gasteiger partial charge >= 0.3 is 0 Å². The van der Waals surface area contributed by atoms with Crippen LogP contribution in [0.5, 0.6) is 5.75 Å². The van der Waals surface area contributed by atoms with Gasteiger partial charge in [0.05, 0.1) is 11.8 Å². The molecule has 2 fully saturated rings. The normalized spacial score (nSPS) is 23.1. The maximum absolute atomic E-state index is 6.04. The Balaban J connectivity index is 1.48. The van der Waals surface area contributed by atoms with E-state index in [2.05, 4.69) is 23.5 Å². The first-order valence-electron chi connectivity index (χ1n) is 7.99. The molecule has 1 aliphatic carbocycles. The van der Waals surface area contributed by atoms with E-state index in [1.807, 2.05) is 6.07 Å². The molecule has 3 heteroatoms. The minimum atomic E-state index is 0.435. The standard InChI is InChI=1S/C17H25NO2/c1-2-9-17(20-15-6-3-7-15)16(8-1)18-11-10-14-5-4-12-19-13-14/h1-2,8-9,14-15,18H,3-7,10-13H2. The molecule has 1 aromatic carbocycles. The molecule has 2 aliphatic rings. The molecule has 3 nitrogen and oxygen atoms in total. The van der Waals surface area contributed by atoms with Crippen LogP contribution in [0.25, 0.3) is 0 Å². The molecule has 1 N–H and O–H groups in total. The van der Waals surface area contributed by atoms with Gasteiger partial charge in [0, 0.05) is 19.8 Å². The molecule has 1 heterocycles. The van der Waals surface area contributed by atoms with Crippen LogP contribution in [0, 0.1) is 5.92 Å². The zero-order valence-electron chi connectivity index (χ0n) is 12.1. The molecule has 0 radical (unpaired) electrons. The Morgan fingerprint density at radius 2 is 2.05 bits per heavy atom. The van der Waals surface area contributed by atoms with Crippen molar-refractivity contribution in [2.24, 2.45) is 5.92 Å². The Morgan fingerprint density at radius 1 is 1.15 bits per heavy atom. The first-order valence-corrected chi connectivity index (χ1v) is 7.99. The molecule has 20 heavy (non-hydrogen) atoms. The van der Waals surface area contributed by atoms with Crippen molar-refractivity contribution in [1.82, 2.24) is 0 Å². The van der Waals surface area contributed by atoms with Gasteiger partial charge in [-0.3, -0.25) is 0 Å². The number of ether oxygens (including phenoxy) is 2. The first-order chi connectivity index (χ1) is 9.92. The fourth-order valence-corrected chi connectivity index (χ4v) is 2.83. The molecule has 0 bridgehead atoms. The summed E-state index contributed by atoms with van der Waals surface area (Å²) in [7, 11) is 0. The summed E-state index contributed by atoms with van der Waals surface area (Å²) >= 11 is 0. The topological polar surface area (TPSA) is 30.5 Å². The molecule has 1 aliphatic heterocycles. The minimum absolute atomic E-state index is 0.435. The number of nitrogens with one attached hydrogen (secondary N) is 1. The molecule has 3 rings (SSSR count). The lowest BCUT2D eigenvalue weighted by atomic mass is 9.96. The Labute approximate surface area is 121 Å². The number of rotatable bonds is 6. The fraction of sp³-hybridized carbons (Fsp3) is 0.647. The highest BCUT2D eigenvalue weighted by molar-refractivity contribution is 5.56. The van der Waals surface area contributed by atoms with Crippen molar-refractivity contribution in [3.63, 3.8) is 0 Å². The second kappa shape index (κ2) is 6.98. The summed E-state index contributed by atoms with van der Waals surface area (Å²) < 4.78 is 11.6. The van der Waals surface area contributed by atoms with Crippen molar-refractivity contribution in [2.45, 2.75) is 44.6 Å². The summed E-state index contributed by atoms with van der Waals surface area (Å²) in [5.41, 5.74) is 1.14. The molecule has 0 spiro atoms. The van der Waals surface area contributed by atoms with Gasteiger partial charge in [0.25, 0.3) is 0 Å². The van der Waals surface area contributed by atoms with Crippen molar-refractivity contribution in [2.75, 3.05) is 25.1 Å². The van der Waals surface area contributed by atoms with Crippen molar-refractivity contribution >= 4 is 5.69 Å². The Morgan fingerprint density at radius 3 is 2.80 bits per heavy atom. The summed E-state index contributed by atoms with van der Waals surface area (Å²) in [6.45, 7) is 2.88. The second-order valence-electron chi connectivity index (χ2n) is 5.97. The third-order valence-electron chi connectivity index (χ3n) is 4.36. The van der Waals surface area contributed by atoms with E-state index in [9.17, 15) is 0 Å². The third-order valence-corrected chi connectivity index (χ3v) is 4.36. The quantitative estimate of drug-likeness (QED) is 0.855. The summed E-state index contributed by atoms with van der Waals surface area (Å²) in [4.78, 5) is 0. The van der Waals surface area contributed by atoms with Gasteiger partial charge in [-0.1, -0.05) is 12.1 Å². The summed E-state index contributed by atoms with van der Waals surface area (Å²) in [5.74, 6) is 1.73. The summed E-state index contributed by atoms with van der Waals surface area (Å²) in [6, 6.07) is 8.31. The van der Waals surface area contributed by atoms with Gasteiger partial charge in [0.2, 0.25) is 0 Å². The fourth-order valence-electron chi connectivity index (χ4n) is 2.83. The van der Waals surface area contributed by atoms with Gasteiger partial charge in [-0.15, -0.1) is 0 Å². The molecule has 0 amide bonds. The molecule has 1 atom stereocenters. The third kappa shape index (κ3) is 3.66. The van der Waals surface area contributed by atoms with Gasteiger partial charge in [0.15, 0.2) is 0 Å². The number of hydrogen-bond acceptors (Lipinski definition) is 3. The van der Waals surface area contributed by atoms with Gasteiger partial charge in [-0.2, -0.15) is 0 Å². The van der Waals surface area contributed by atoms with Crippen molar-refractivity contribution < 1.29 is 9.47 Å². The maximum Gasteiger partial charge on any atom is 0.142 e. The Hall–Kier alpha value is -1.22. The van der Waals surface area contributed by atoms with E-state index in [1.165, 1.54) is 38.5 Å². The monoisotopic (exact) mass is 275 g/mol. The van der Waals surface area contributed by atoms with Crippen molar-refractivity contribution in [1.29, 1.82) is 0 Å². The Kier molecular flexibility index (Phi) is 4.80. The van der Waals surface area contributed by atoms with E-state index in [4.69, 9.17) is 9.47 Å². The van der Waals surface area contributed by atoms with Crippen LogP contribution in [-0.4, -0.2) is 25.9 Å². The number of anilines is 1. The summed E-state index contributed by atoms with van der Waals surface area (Å²) in [6.07, 6.45) is 7.85. The predicted molar refractivity (Wildman–Crippen MR) is 81.4 cm³/mol. The zero-order chi connectivity index (χ0) is 13.6. The lowest BCUT2D eigenvalue weighted by Gasteiger charge is -2.28. The number of hydrogen-bond donors (Lipinski definition) is 1. The highest BCUT2D eigenvalue weighted by atomic mass is 16.5. The van der Waals surface area contributed by atoms with Crippen LogP contribution in [0.3, 0.4) is 0 Å². The zero-order valence-corrected chi connectivity index (χ0v) is 12.1. The van der Waals surface area contributed by atoms with E-state index >= 15 is 0 Å². The molecule has 1 saturated carbocycles. The highest BCUT2D eigenvalue weighted by Crippen LogP contribution is 2.30. The van der Waals surface area contributed by atoms with E-state index in [1.54, 1.807) is 0 Å². The lowest BCUT2D eigenvalue weighted by molar-refractivity contribution is 0.0530. The van der Waals surface area contributed by atoms with Crippen molar-refractivity contribution in [3.05, 3.63) is 24.3 Å². The number of benzene rings is 1. The first kappa shape index (κ1) is 13.7. The lowest BCUT2D eigenvalue weighted by Crippen LogP contribution is -2.25. The van der Waals surface area contributed by atoms with Gasteiger partial charge in [-0.05, 0) is 56.6 Å². The van der Waals surface area contributed by atoms with Crippen LogP contribution in [0.4, 0.5) is 5.69 Å². The number of para-hydroxylation sites is 2. The average Bonchev–Trinajstić information content (AvgIpc) is 2.45. The van der Waals surface area contributed by atoms with Gasteiger partial charge in [-0.25, -0.2) is 0 Å². The molecule has 1 aromatic rings. The largest absolute Gasteiger partial charge is 0.488 e. The van der Waals surface area contributed by atoms with Crippen LogP contribution >= 0.6 is 0 Å². The molecule has 1 unspecified atom stereocenters. The maximum atomic E-state index is 6.04. The van der Waals surface area contributed by atoms with E-state index in [0.29, 0.717) is 6.10 Å². The molecule has 1 saturated heterocycles. The van der Waals surface area contributed by atoms with Crippen LogP contribution in [0.2, 0.25) is 0 Å². The highest BCUT2D eigenvalue weighted by Gasteiger charge is 2.20. The van der Waals surface area contributed by atoms with Crippen LogP contribution in [0.15, 0.2) is 24.3 Å². The minimum Gasteiger partial charge on any atom is -0.488 e.